The van der Waals surface area contributed by atoms with Crippen molar-refractivity contribution < 1.29 is 0 Å². The van der Waals surface area contributed by atoms with E-state index in [2.05, 4.69) is 80.6 Å². The number of benzene rings is 7. The Morgan fingerprint density at radius 1 is 0.347 bits per heavy atom. The molecule has 16 radical (unpaired) electrons. The smallest absolute Gasteiger partial charge is 0.110 e. The minimum absolute atomic E-state index is 0.193. The summed E-state index contributed by atoms with van der Waals surface area (Å²) in [6, 6.07) is 33.2. The summed E-state index contributed by atoms with van der Waals surface area (Å²) in [6.45, 7) is 4.46. The summed E-state index contributed by atoms with van der Waals surface area (Å²) in [7, 11) is 54.2. The van der Waals surface area contributed by atoms with Crippen LogP contribution in [0.25, 0.3) is 66.1 Å². The van der Waals surface area contributed by atoms with Gasteiger partial charge in [0, 0.05) is 5.41 Å². The average molecular weight is 601 g/mol. The molecule has 0 saturated heterocycles. The van der Waals surface area contributed by atoms with Crippen molar-refractivity contribution in [2.75, 3.05) is 0 Å². The topological polar surface area (TPSA) is 0 Å². The van der Waals surface area contributed by atoms with Crippen LogP contribution in [0.5, 0.6) is 0 Å². The van der Waals surface area contributed by atoms with Crippen molar-refractivity contribution in [3.63, 3.8) is 0 Å². The SMILES string of the molecule is [B]c1c([B])c([B])c2c(-c3ccc4c(c3)C(C)(C)c3ccccc3-4)c3c([B])c([B])c([B])c([B])c3c(-c3ccc(-c4ccccc4)cc3)c2c1[B]. The van der Waals surface area contributed by atoms with Gasteiger partial charge in [-0.05, 0) is 83.2 Å². The van der Waals surface area contributed by atoms with Gasteiger partial charge in [-0.2, -0.15) is 0 Å². The molecule has 0 saturated carbocycles. The number of rotatable bonds is 3. The second-order valence-corrected chi connectivity index (χ2v) is 13.4. The molecule has 1 aliphatic rings. The molecule has 8 heteroatoms. The third kappa shape index (κ3) is 4.49. The summed E-state index contributed by atoms with van der Waals surface area (Å²) in [6.07, 6.45) is 0. The van der Waals surface area contributed by atoms with Crippen LogP contribution in [0.15, 0.2) is 97.1 Å². The van der Waals surface area contributed by atoms with Gasteiger partial charge in [0.2, 0.25) is 0 Å². The van der Waals surface area contributed by atoms with Crippen molar-refractivity contribution in [3.8, 4) is 44.5 Å². The minimum atomic E-state index is -0.268. The van der Waals surface area contributed by atoms with Gasteiger partial charge in [0.25, 0.3) is 0 Å². The Hall–Kier alpha value is -4.42. The first-order chi connectivity index (χ1) is 23.4. The van der Waals surface area contributed by atoms with Crippen LogP contribution in [0.1, 0.15) is 25.0 Å². The van der Waals surface area contributed by atoms with Crippen LogP contribution in [0, 0.1) is 0 Å². The van der Waals surface area contributed by atoms with Crippen LogP contribution in [0.4, 0.5) is 0 Å². The molecule has 0 amide bonds. The van der Waals surface area contributed by atoms with E-state index in [1.807, 2.05) is 30.3 Å². The zero-order valence-corrected chi connectivity index (χ0v) is 27.4. The molecule has 0 fully saturated rings. The molecule has 0 aromatic heterocycles. The van der Waals surface area contributed by atoms with E-state index in [4.69, 9.17) is 62.8 Å². The molecule has 0 unspecified atom stereocenters. The lowest BCUT2D eigenvalue weighted by Crippen LogP contribution is -2.50. The minimum Gasteiger partial charge on any atom is -0.110 e. The molecule has 0 N–H and O–H groups in total. The molecule has 0 aliphatic heterocycles. The first kappa shape index (κ1) is 31.8. The first-order valence-corrected chi connectivity index (χ1v) is 16.1. The van der Waals surface area contributed by atoms with Gasteiger partial charge in [-0.15, -0.1) is 21.9 Å². The van der Waals surface area contributed by atoms with Crippen molar-refractivity contribution in [3.05, 3.63) is 108 Å². The lowest BCUT2D eigenvalue weighted by Gasteiger charge is -2.29. The predicted molar refractivity (Wildman–Crippen MR) is 218 cm³/mol. The summed E-state index contributed by atoms with van der Waals surface area (Å²) >= 11 is 0. The molecule has 49 heavy (non-hydrogen) atoms. The fourth-order valence-electron chi connectivity index (χ4n) is 7.84. The monoisotopic (exact) mass is 602 g/mol. The van der Waals surface area contributed by atoms with Crippen LogP contribution in [-0.4, -0.2) is 62.8 Å². The molecule has 0 atom stereocenters. The third-order valence-electron chi connectivity index (χ3n) is 10.5. The Balaban J connectivity index is 1.55. The van der Waals surface area contributed by atoms with Gasteiger partial charge < -0.3 is 0 Å². The highest BCUT2D eigenvalue weighted by atomic mass is 14.4. The van der Waals surface area contributed by atoms with Crippen molar-refractivity contribution in [1.82, 2.24) is 0 Å². The summed E-state index contributed by atoms with van der Waals surface area (Å²) in [5, 5.41) is 2.44. The first-order valence-electron chi connectivity index (χ1n) is 16.1. The van der Waals surface area contributed by atoms with Gasteiger partial charge in [-0.25, -0.2) is 0 Å². The average Bonchev–Trinajstić information content (AvgIpc) is 3.36. The van der Waals surface area contributed by atoms with Crippen molar-refractivity contribution in [2.45, 2.75) is 19.3 Å². The Kier molecular flexibility index (Phi) is 7.35. The normalized spacial score (nSPS) is 13.1. The van der Waals surface area contributed by atoms with Crippen molar-refractivity contribution >= 4 is 128 Å². The van der Waals surface area contributed by atoms with Crippen LogP contribution in [0.3, 0.4) is 0 Å². The molecule has 0 heterocycles. The maximum Gasteiger partial charge on any atom is 0.113 e. The fourth-order valence-corrected chi connectivity index (χ4v) is 7.84. The Morgan fingerprint density at radius 3 is 1.27 bits per heavy atom. The summed E-state index contributed by atoms with van der Waals surface area (Å²) in [5.74, 6) is 0. The Morgan fingerprint density at radius 2 is 0.735 bits per heavy atom. The zero-order valence-electron chi connectivity index (χ0n) is 27.4. The van der Waals surface area contributed by atoms with Crippen molar-refractivity contribution in [1.29, 1.82) is 0 Å². The maximum absolute atomic E-state index is 6.97. The van der Waals surface area contributed by atoms with E-state index in [1.54, 1.807) is 0 Å². The molecule has 1 aliphatic carbocycles. The maximum atomic E-state index is 6.97. The summed E-state index contributed by atoms with van der Waals surface area (Å²) < 4.78 is 0. The fraction of sp³-hybridized carbons (Fsp3) is 0.0732. The lowest BCUT2D eigenvalue weighted by molar-refractivity contribution is 0.660. The molecular formula is C41H22B8. The second kappa shape index (κ2) is 11.3. The lowest BCUT2D eigenvalue weighted by atomic mass is 9.59. The van der Waals surface area contributed by atoms with E-state index in [0.29, 0.717) is 32.7 Å². The van der Waals surface area contributed by atoms with Gasteiger partial charge in [0.1, 0.15) is 62.8 Å². The molecule has 0 spiro atoms. The van der Waals surface area contributed by atoms with Crippen LogP contribution < -0.4 is 43.7 Å². The van der Waals surface area contributed by atoms with Gasteiger partial charge in [0.15, 0.2) is 0 Å². The van der Waals surface area contributed by atoms with E-state index in [0.717, 1.165) is 27.8 Å². The summed E-state index contributed by atoms with van der Waals surface area (Å²) in [5.41, 5.74) is 11.6. The van der Waals surface area contributed by atoms with E-state index in [-0.39, 0.29) is 49.1 Å². The quantitative estimate of drug-likeness (QED) is 0.214. The van der Waals surface area contributed by atoms with Crippen LogP contribution in [0.2, 0.25) is 0 Å². The molecule has 210 valence electrons. The molecule has 0 nitrogen and oxygen atoms in total. The van der Waals surface area contributed by atoms with E-state index < -0.39 is 0 Å². The van der Waals surface area contributed by atoms with Gasteiger partial charge >= 0.3 is 0 Å². The van der Waals surface area contributed by atoms with Crippen LogP contribution >= 0.6 is 0 Å². The van der Waals surface area contributed by atoms with Crippen LogP contribution in [-0.2, 0) is 5.41 Å². The number of hydrogen-bond donors (Lipinski definition) is 0. The van der Waals surface area contributed by atoms with E-state index in [9.17, 15) is 0 Å². The predicted octanol–water partition coefficient (Wildman–Crippen LogP) is 1.65. The van der Waals surface area contributed by atoms with E-state index >= 15 is 0 Å². The van der Waals surface area contributed by atoms with Crippen molar-refractivity contribution in [2.24, 2.45) is 0 Å². The highest BCUT2D eigenvalue weighted by molar-refractivity contribution is 6.71. The molecule has 8 rings (SSSR count). The second-order valence-electron chi connectivity index (χ2n) is 13.4. The largest absolute Gasteiger partial charge is 0.113 e. The number of hydrogen-bond acceptors (Lipinski definition) is 0. The molecule has 7 aromatic carbocycles. The highest BCUT2D eigenvalue weighted by Crippen LogP contribution is 2.50. The number of fused-ring (bicyclic) bond motifs is 5. The molecular weight excluding hydrogens is 579 g/mol. The zero-order chi connectivity index (χ0) is 34.5. The van der Waals surface area contributed by atoms with Gasteiger partial charge in [-0.3, -0.25) is 0 Å². The molecule has 0 bridgehead atoms. The third-order valence-corrected chi connectivity index (χ3v) is 10.5. The standard InChI is InChI=1S/C41H22B8/c1-41(2)25-11-7-6-10-23(25)24-17-16-22(18-26(24)41)28-31-29(33(42)37(46)39(48)35(31)44)27(30-32(28)36(45)40(49)38(47)34(30)43)21-14-12-20(13-15-21)19-8-4-3-5-9-19/h3-18H,1-2H3. The Labute approximate surface area is 298 Å². The van der Waals surface area contributed by atoms with Gasteiger partial charge in [-0.1, -0.05) is 127 Å². The highest BCUT2D eigenvalue weighted by Gasteiger charge is 2.36. The molecule has 7 aromatic rings. The summed E-state index contributed by atoms with van der Waals surface area (Å²) in [4.78, 5) is 0. The van der Waals surface area contributed by atoms with Gasteiger partial charge in [0.05, 0.1) is 0 Å². The van der Waals surface area contributed by atoms with E-state index in [1.165, 1.54) is 16.7 Å². The Bertz CT molecular complexity index is 2450.